The van der Waals surface area contributed by atoms with Crippen molar-refractivity contribution in [1.29, 1.82) is 0 Å². The average molecular weight is 493 g/mol. The third-order valence-electron chi connectivity index (χ3n) is 5.77. The summed E-state index contributed by atoms with van der Waals surface area (Å²) in [5, 5.41) is 6.04. The van der Waals surface area contributed by atoms with E-state index in [1.54, 1.807) is 0 Å². The number of nitrogens with one attached hydrogen (secondary N) is 2. The lowest BCUT2D eigenvalue weighted by Crippen LogP contribution is -2.61. The predicted molar refractivity (Wildman–Crippen MR) is 112 cm³/mol. The molecule has 13 heteroatoms. The third-order valence-corrected chi connectivity index (χ3v) is 7.69. The quantitative estimate of drug-likeness (QED) is 0.612. The minimum absolute atomic E-state index is 0.0991. The molecule has 2 aliphatic heterocycles. The van der Waals surface area contributed by atoms with E-state index in [1.165, 1.54) is 11.8 Å². The van der Waals surface area contributed by atoms with E-state index in [-0.39, 0.29) is 36.4 Å². The van der Waals surface area contributed by atoms with Gasteiger partial charge in [0.2, 0.25) is 21.8 Å². The number of benzene rings is 1. The number of piperazine rings is 1. The summed E-state index contributed by atoms with van der Waals surface area (Å²) in [6, 6.07) is 2.65. The molecule has 0 radical (unpaired) electrons. The fraction of sp³-hybridized carbons (Fsp3) is 0.600. The number of rotatable bonds is 6. The van der Waals surface area contributed by atoms with Crippen molar-refractivity contribution in [2.45, 2.75) is 37.1 Å². The molecule has 1 aromatic rings. The lowest BCUT2D eigenvalue weighted by atomic mass is 9.98. The molecule has 2 amide bonds. The van der Waals surface area contributed by atoms with Gasteiger partial charge in [-0.15, -0.1) is 13.2 Å². The van der Waals surface area contributed by atoms with Crippen LogP contribution in [0, 0.1) is 5.92 Å². The third kappa shape index (κ3) is 6.58. The minimum atomic E-state index is -4.90. The van der Waals surface area contributed by atoms with E-state index in [9.17, 15) is 31.2 Å². The molecule has 2 heterocycles. The van der Waals surface area contributed by atoms with Crippen LogP contribution in [0.15, 0.2) is 29.2 Å². The highest BCUT2D eigenvalue weighted by Crippen LogP contribution is 2.27. The van der Waals surface area contributed by atoms with Crippen LogP contribution in [0.4, 0.5) is 13.2 Å². The molecule has 33 heavy (non-hydrogen) atoms. The van der Waals surface area contributed by atoms with E-state index in [0.29, 0.717) is 6.54 Å². The Morgan fingerprint density at radius 2 is 1.79 bits per heavy atom. The largest absolute Gasteiger partial charge is 0.573 e. The van der Waals surface area contributed by atoms with Crippen LogP contribution in [0.25, 0.3) is 0 Å². The molecule has 2 saturated heterocycles. The van der Waals surface area contributed by atoms with Gasteiger partial charge in [0.25, 0.3) is 0 Å². The van der Waals surface area contributed by atoms with Gasteiger partial charge in [-0.3, -0.25) is 9.59 Å². The minimum Gasteiger partial charge on any atom is -0.406 e. The number of halogens is 3. The fourth-order valence-corrected chi connectivity index (χ4v) is 5.52. The standard InChI is InChI=1S/C20H27F3N4O5S/c1-14(28)26-10-11-27(18(13-26)19(29)25-12-15-6-8-24-9-7-15)33(30,31)17-4-2-16(3-5-17)32-20(21,22)23/h2-5,15,18,24H,6-13H2,1H3,(H,25,29)/t18-/m1/s1. The van der Waals surface area contributed by atoms with Crippen molar-refractivity contribution in [2.24, 2.45) is 5.92 Å². The van der Waals surface area contributed by atoms with E-state index in [0.717, 1.165) is 54.5 Å². The van der Waals surface area contributed by atoms with Gasteiger partial charge in [-0.1, -0.05) is 0 Å². The summed E-state index contributed by atoms with van der Waals surface area (Å²) in [7, 11) is -4.22. The molecule has 2 N–H and O–H groups in total. The van der Waals surface area contributed by atoms with Gasteiger partial charge in [-0.2, -0.15) is 4.31 Å². The molecule has 0 spiro atoms. The van der Waals surface area contributed by atoms with E-state index in [1.807, 2.05) is 0 Å². The number of nitrogens with zero attached hydrogens (tertiary/aromatic N) is 2. The number of piperidine rings is 1. The van der Waals surface area contributed by atoms with Crippen molar-refractivity contribution in [2.75, 3.05) is 39.3 Å². The zero-order chi connectivity index (χ0) is 24.2. The van der Waals surface area contributed by atoms with Gasteiger partial charge in [0.05, 0.1) is 4.90 Å². The second kappa shape index (κ2) is 10.3. The SMILES string of the molecule is CC(=O)N1CCN(S(=O)(=O)c2ccc(OC(F)(F)F)cc2)[C@@H](C(=O)NCC2CCNCC2)C1. The van der Waals surface area contributed by atoms with Gasteiger partial charge in [0.15, 0.2) is 0 Å². The summed E-state index contributed by atoms with van der Waals surface area (Å²) >= 11 is 0. The van der Waals surface area contributed by atoms with Crippen LogP contribution >= 0.6 is 0 Å². The number of hydrogen-bond acceptors (Lipinski definition) is 6. The normalized spacial score (nSPS) is 21.0. The van der Waals surface area contributed by atoms with Crippen molar-refractivity contribution < 1.29 is 35.9 Å². The second-order valence-electron chi connectivity index (χ2n) is 8.05. The van der Waals surface area contributed by atoms with Gasteiger partial charge in [0.1, 0.15) is 11.8 Å². The van der Waals surface area contributed by atoms with Crippen molar-refractivity contribution in [3.8, 4) is 5.75 Å². The van der Waals surface area contributed by atoms with Crippen LogP contribution in [0.3, 0.4) is 0 Å². The molecule has 0 aromatic heterocycles. The maximum absolute atomic E-state index is 13.3. The number of carbonyl (C=O) groups is 2. The summed E-state index contributed by atoms with van der Waals surface area (Å²) in [5.41, 5.74) is 0. The topological polar surface area (TPSA) is 108 Å². The number of carbonyl (C=O) groups excluding carboxylic acids is 2. The van der Waals surface area contributed by atoms with Crippen LogP contribution < -0.4 is 15.4 Å². The Balaban J connectivity index is 1.78. The van der Waals surface area contributed by atoms with Gasteiger partial charge in [-0.05, 0) is 56.1 Å². The summed E-state index contributed by atoms with van der Waals surface area (Å²) in [6.07, 6.45) is -3.13. The predicted octanol–water partition coefficient (Wildman–Crippen LogP) is 0.922. The first-order valence-electron chi connectivity index (χ1n) is 10.6. The molecule has 0 aliphatic carbocycles. The zero-order valence-corrected chi connectivity index (χ0v) is 18.9. The van der Waals surface area contributed by atoms with Crippen LogP contribution in [0.1, 0.15) is 19.8 Å². The van der Waals surface area contributed by atoms with Crippen molar-refractivity contribution >= 4 is 21.8 Å². The van der Waals surface area contributed by atoms with E-state index in [2.05, 4.69) is 15.4 Å². The van der Waals surface area contributed by atoms with Gasteiger partial charge < -0.3 is 20.3 Å². The summed E-state index contributed by atoms with van der Waals surface area (Å²) in [6.45, 7) is 3.30. The van der Waals surface area contributed by atoms with Crippen LogP contribution in [-0.4, -0.2) is 81.1 Å². The Bertz CT molecular complexity index is 949. The molecular formula is C20H27F3N4O5S. The van der Waals surface area contributed by atoms with E-state index < -0.39 is 34.1 Å². The molecule has 184 valence electrons. The average Bonchev–Trinajstić information content (AvgIpc) is 2.77. The summed E-state index contributed by atoms with van der Waals surface area (Å²) in [5.74, 6) is -1.08. The molecule has 1 atom stereocenters. The van der Waals surface area contributed by atoms with Crippen molar-refractivity contribution in [1.82, 2.24) is 19.8 Å². The maximum Gasteiger partial charge on any atom is 0.573 e. The Kier molecular flexibility index (Phi) is 7.85. The van der Waals surface area contributed by atoms with Crippen LogP contribution in [0.5, 0.6) is 5.75 Å². The number of sulfonamides is 1. The van der Waals surface area contributed by atoms with Crippen LogP contribution in [0.2, 0.25) is 0 Å². The highest BCUT2D eigenvalue weighted by molar-refractivity contribution is 7.89. The summed E-state index contributed by atoms with van der Waals surface area (Å²) in [4.78, 5) is 26.0. The highest BCUT2D eigenvalue weighted by Gasteiger charge is 2.41. The van der Waals surface area contributed by atoms with Gasteiger partial charge in [0, 0.05) is 33.1 Å². The lowest BCUT2D eigenvalue weighted by molar-refractivity contribution is -0.274. The van der Waals surface area contributed by atoms with Crippen molar-refractivity contribution in [3.05, 3.63) is 24.3 Å². The van der Waals surface area contributed by atoms with Gasteiger partial charge >= 0.3 is 6.36 Å². The Morgan fingerprint density at radius 1 is 1.15 bits per heavy atom. The molecule has 0 saturated carbocycles. The Hall–Kier alpha value is -2.38. The number of alkyl halides is 3. The number of amides is 2. The first kappa shape index (κ1) is 25.2. The van der Waals surface area contributed by atoms with E-state index >= 15 is 0 Å². The molecule has 2 aliphatic rings. The first-order valence-corrected chi connectivity index (χ1v) is 12.0. The molecule has 0 unspecified atom stereocenters. The van der Waals surface area contributed by atoms with Gasteiger partial charge in [-0.25, -0.2) is 8.42 Å². The second-order valence-corrected chi connectivity index (χ2v) is 9.94. The number of ether oxygens (including phenoxy) is 1. The highest BCUT2D eigenvalue weighted by atomic mass is 32.2. The Morgan fingerprint density at radius 3 is 2.36 bits per heavy atom. The molecule has 3 rings (SSSR count). The number of hydrogen-bond donors (Lipinski definition) is 2. The first-order chi connectivity index (χ1) is 15.5. The fourth-order valence-electron chi connectivity index (χ4n) is 3.95. The molecule has 0 bridgehead atoms. The lowest BCUT2D eigenvalue weighted by Gasteiger charge is -2.39. The van der Waals surface area contributed by atoms with Crippen LogP contribution in [-0.2, 0) is 19.6 Å². The smallest absolute Gasteiger partial charge is 0.406 e. The monoisotopic (exact) mass is 492 g/mol. The Labute approximate surface area is 190 Å². The summed E-state index contributed by atoms with van der Waals surface area (Å²) < 4.78 is 68.5. The zero-order valence-electron chi connectivity index (χ0n) is 18.1. The van der Waals surface area contributed by atoms with Crippen molar-refractivity contribution in [3.63, 3.8) is 0 Å². The molecule has 1 aromatic carbocycles. The maximum atomic E-state index is 13.3. The molecule has 2 fully saturated rings. The molecule has 9 nitrogen and oxygen atoms in total. The molecular weight excluding hydrogens is 465 g/mol. The van der Waals surface area contributed by atoms with E-state index in [4.69, 9.17) is 0 Å².